The summed E-state index contributed by atoms with van der Waals surface area (Å²) in [5, 5.41) is 0. The Labute approximate surface area is 120 Å². The summed E-state index contributed by atoms with van der Waals surface area (Å²) >= 11 is 0. The summed E-state index contributed by atoms with van der Waals surface area (Å²) in [6, 6.07) is 3.53. The predicted octanol–water partition coefficient (Wildman–Crippen LogP) is 2.66. The summed E-state index contributed by atoms with van der Waals surface area (Å²) in [5.74, 6) is 5.48. The van der Waals surface area contributed by atoms with Crippen molar-refractivity contribution in [3.8, 4) is 0 Å². The Morgan fingerprint density at radius 3 is 2.33 bits per heavy atom. The predicted molar refractivity (Wildman–Crippen MR) is 72.1 cm³/mol. The van der Waals surface area contributed by atoms with Crippen LogP contribution in [0.15, 0.2) is 30.6 Å². The molecule has 2 heterocycles. The maximum atomic E-state index is 13.1. The molecule has 2 rings (SSSR count). The van der Waals surface area contributed by atoms with E-state index in [1.807, 2.05) is 0 Å². The monoisotopic (exact) mass is 296 g/mol. The molecular weight excluding hydrogens is 281 g/mol. The molecule has 0 aliphatic rings. The minimum atomic E-state index is -4.47. The molecule has 0 fully saturated rings. The van der Waals surface area contributed by atoms with Crippen LogP contribution in [0.3, 0.4) is 0 Å². The third kappa shape index (κ3) is 3.37. The van der Waals surface area contributed by atoms with Crippen LogP contribution >= 0.6 is 0 Å². The molecule has 0 amide bonds. The van der Waals surface area contributed by atoms with Gasteiger partial charge in [-0.2, -0.15) is 13.2 Å². The summed E-state index contributed by atoms with van der Waals surface area (Å²) in [7, 11) is 0. The Hall–Kier alpha value is -1.99. The van der Waals surface area contributed by atoms with Crippen molar-refractivity contribution in [3.63, 3.8) is 0 Å². The number of hydrazine groups is 1. The van der Waals surface area contributed by atoms with Gasteiger partial charge < -0.3 is 0 Å². The van der Waals surface area contributed by atoms with E-state index in [9.17, 15) is 13.2 Å². The molecule has 2 aromatic heterocycles. The third-order valence-corrected chi connectivity index (χ3v) is 3.07. The SMILES string of the molecule is Cc1cc(C(NN)c2cnccc2C(F)(F)F)cc(C)n1. The number of nitrogens with two attached hydrogens (primary N) is 1. The van der Waals surface area contributed by atoms with Crippen LogP contribution in [0.5, 0.6) is 0 Å². The first kappa shape index (κ1) is 15.4. The molecule has 0 radical (unpaired) electrons. The lowest BCUT2D eigenvalue weighted by Gasteiger charge is -2.21. The van der Waals surface area contributed by atoms with E-state index in [4.69, 9.17) is 5.84 Å². The fraction of sp³-hybridized carbons (Fsp3) is 0.286. The third-order valence-electron chi connectivity index (χ3n) is 3.07. The maximum absolute atomic E-state index is 13.1. The second-order valence-corrected chi connectivity index (χ2v) is 4.74. The smallest absolute Gasteiger partial charge is 0.271 e. The number of alkyl halides is 3. The lowest BCUT2D eigenvalue weighted by Crippen LogP contribution is -2.31. The fourth-order valence-corrected chi connectivity index (χ4v) is 2.29. The minimum absolute atomic E-state index is 0.0162. The molecule has 0 saturated carbocycles. The van der Waals surface area contributed by atoms with Gasteiger partial charge in [0.1, 0.15) is 0 Å². The average molecular weight is 296 g/mol. The standard InChI is InChI=1S/C14H15F3N4/c1-8-5-10(6-9(2)20-8)13(21-18)11-7-19-4-3-12(11)14(15,16)17/h3-7,13,21H,18H2,1-2H3. The van der Waals surface area contributed by atoms with Gasteiger partial charge in [-0.1, -0.05) is 0 Å². The molecule has 0 aliphatic heterocycles. The molecule has 0 aromatic carbocycles. The number of rotatable bonds is 3. The Morgan fingerprint density at radius 2 is 1.81 bits per heavy atom. The van der Waals surface area contributed by atoms with E-state index >= 15 is 0 Å². The zero-order valence-electron chi connectivity index (χ0n) is 11.6. The van der Waals surface area contributed by atoms with Gasteiger partial charge in [-0.25, -0.2) is 5.43 Å². The summed E-state index contributed by atoms with van der Waals surface area (Å²) in [6.45, 7) is 3.55. The summed E-state index contributed by atoms with van der Waals surface area (Å²) in [6.07, 6.45) is -2.17. The van der Waals surface area contributed by atoms with E-state index in [1.165, 1.54) is 6.20 Å². The van der Waals surface area contributed by atoms with Crippen LogP contribution < -0.4 is 11.3 Å². The molecule has 0 spiro atoms. The Kier molecular flexibility index (Phi) is 4.24. The lowest BCUT2D eigenvalue weighted by molar-refractivity contribution is -0.138. The number of nitrogens with one attached hydrogen (secondary N) is 1. The molecule has 1 atom stereocenters. The molecule has 0 bridgehead atoms. The van der Waals surface area contributed by atoms with E-state index in [0.717, 1.165) is 12.3 Å². The highest BCUT2D eigenvalue weighted by Gasteiger charge is 2.35. The minimum Gasteiger partial charge on any atom is -0.271 e. The van der Waals surface area contributed by atoms with Crippen LogP contribution in [-0.4, -0.2) is 9.97 Å². The Bertz CT molecular complexity index is 620. The molecule has 0 aliphatic carbocycles. The van der Waals surface area contributed by atoms with Gasteiger partial charge in [0.05, 0.1) is 11.6 Å². The number of nitrogens with zero attached hydrogens (tertiary/aromatic N) is 2. The van der Waals surface area contributed by atoms with Crippen LogP contribution in [0.4, 0.5) is 13.2 Å². The molecule has 7 heteroatoms. The number of pyridine rings is 2. The van der Waals surface area contributed by atoms with Gasteiger partial charge in [0.25, 0.3) is 0 Å². The van der Waals surface area contributed by atoms with Gasteiger partial charge >= 0.3 is 6.18 Å². The largest absolute Gasteiger partial charge is 0.416 e. The summed E-state index contributed by atoms with van der Waals surface area (Å²) in [5.41, 5.74) is 3.69. The van der Waals surface area contributed by atoms with E-state index in [2.05, 4.69) is 15.4 Å². The highest BCUT2D eigenvalue weighted by atomic mass is 19.4. The second kappa shape index (κ2) is 5.79. The fourth-order valence-electron chi connectivity index (χ4n) is 2.29. The van der Waals surface area contributed by atoms with E-state index in [0.29, 0.717) is 17.0 Å². The normalized spacial score (nSPS) is 13.2. The average Bonchev–Trinajstić information content (AvgIpc) is 2.38. The van der Waals surface area contributed by atoms with Crippen LogP contribution in [0, 0.1) is 13.8 Å². The topological polar surface area (TPSA) is 63.8 Å². The Morgan fingerprint density at radius 1 is 1.19 bits per heavy atom. The van der Waals surface area contributed by atoms with Crippen molar-refractivity contribution in [2.24, 2.45) is 5.84 Å². The van der Waals surface area contributed by atoms with Gasteiger partial charge in [0.2, 0.25) is 0 Å². The van der Waals surface area contributed by atoms with Crippen molar-refractivity contribution < 1.29 is 13.2 Å². The molecule has 21 heavy (non-hydrogen) atoms. The second-order valence-electron chi connectivity index (χ2n) is 4.74. The van der Waals surface area contributed by atoms with Crippen LogP contribution in [0.2, 0.25) is 0 Å². The van der Waals surface area contributed by atoms with Crippen molar-refractivity contribution >= 4 is 0 Å². The van der Waals surface area contributed by atoms with Gasteiger partial charge in [-0.3, -0.25) is 15.8 Å². The first-order valence-electron chi connectivity index (χ1n) is 6.25. The van der Waals surface area contributed by atoms with Gasteiger partial charge in [0, 0.05) is 29.3 Å². The van der Waals surface area contributed by atoms with Gasteiger partial charge in [-0.05, 0) is 37.6 Å². The Balaban J connectivity index is 2.57. The lowest BCUT2D eigenvalue weighted by atomic mass is 9.96. The van der Waals surface area contributed by atoms with Crippen molar-refractivity contribution in [1.82, 2.24) is 15.4 Å². The molecular formula is C14H15F3N4. The number of halogens is 3. The summed E-state index contributed by atoms with van der Waals surface area (Å²) < 4.78 is 39.3. The molecule has 1 unspecified atom stereocenters. The number of hydrogen-bond donors (Lipinski definition) is 2. The molecule has 3 N–H and O–H groups in total. The van der Waals surface area contributed by atoms with Crippen molar-refractivity contribution in [3.05, 3.63) is 58.7 Å². The zero-order valence-corrected chi connectivity index (χ0v) is 11.6. The maximum Gasteiger partial charge on any atom is 0.416 e. The van der Waals surface area contributed by atoms with E-state index in [-0.39, 0.29) is 5.56 Å². The highest BCUT2D eigenvalue weighted by Crippen LogP contribution is 2.35. The first-order chi connectivity index (χ1) is 9.82. The van der Waals surface area contributed by atoms with Crippen LogP contribution in [0.25, 0.3) is 0 Å². The van der Waals surface area contributed by atoms with E-state index < -0.39 is 17.8 Å². The van der Waals surface area contributed by atoms with Crippen molar-refractivity contribution in [1.29, 1.82) is 0 Å². The molecule has 112 valence electrons. The van der Waals surface area contributed by atoms with Crippen LogP contribution in [-0.2, 0) is 6.18 Å². The summed E-state index contributed by atoms with van der Waals surface area (Å²) in [4.78, 5) is 8.00. The molecule has 4 nitrogen and oxygen atoms in total. The van der Waals surface area contributed by atoms with Gasteiger partial charge in [0.15, 0.2) is 0 Å². The van der Waals surface area contributed by atoms with E-state index in [1.54, 1.807) is 26.0 Å². The number of aryl methyl sites for hydroxylation is 2. The first-order valence-corrected chi connectivity index (χ1v) is 6.25. The molecule has 2 aromatic rings. The molecule has 0 saturated heterocycles. The number of hydrogen-bond acceptors (Lipinski definition) is 4. The number of aromatic nitrogens is 2. The zero-order chi connectivity index (χ0) is 15.6. The van der Waals surface area contributed by atoms with Crippen LogP contribution in [0.1, 0.15) is 34.1 Å². The van der Waals surface area contributed by atoms with Crippen molar-refractivity contribution in [2.45, 2.75) is 26.1 Å². The highest BCUT2D eigenvalue weighted by molar-refractivity contribution is 5.37. The quantitative estimate of drug-likeness (QED) is 0.675. The van der Waals surface area contributed by atoms with Crippen molar-refractivity contribution in [2.75, 3.05) is 0 Å². The van der Waals surface area contributed by atoms with Gasteiger partial charge in [-0.15, -0.1) is 0 Å².